The second-order valence-electron chi connectivity index (χ2n) is 3.31. The van der Waals surface area contributed by atoms with Gasteiger partial charge in [0.15, 0.2) is 12.4 Å². The topological polar surface area (TPSA) is 16.1 Å². The highest BCUT2D eigenvalue weighted by Gasteiger charge is 2.07. The Labute approximate surface area is 95.6 Å². The maximum absolute atomic E-state index is 4.33. The molecule has 5 heteroatoms. The summed E-state index contributed by atoms with van der Waals surface area (Å²) in [4.78, 5) is 6.61. The van der Waals surface area contributed by atoms with E-state index in [1.165, 1.54) is 5.56 Å². The lowest BCUT2D eigenvalue weighted by atomic mass is 9.65. The van der Waals surface area contributed by atoms with Crippen molar-refractivity contribution in [1.29, 1.82) is 0 Å². The van der Waals surface area contributed by atoms with Crippen molar-refractivity contribution < 1.29 is 0 Å². The third-order valence-electron chi connectivity index (χ3n) is 2.29. The van der Waals surface area contributed by atoms with Gasteiger partial charge in [0.2, 0.25) is 0 Å². The van der Waals surface area contributed by atoms with Crippen LogP contribution in [0.2, 0.25) is 0 Å². The van der Waals surface area contributed by atoms with Crippen LogP contribution in [0.4, 0.5) is 5.13 Å². The molecule has 0 aliphatic carbocycles. The Bertz CT molecular complexity index is 391. The summed E-state index contributed by atoms with van der Waals surface area (Å²) in [5.41, 5.74) is 1.33. The smallest absolute Gasteiger partial charge is 0.195 e. The molecule has 0 saturated carbocycles. The van der Waals surface area contributed by atoms with E-state index >= 15 is 0 Å². The quantitative estimate of drug-likeness (QED) is 0.707. The molecule has 0 aliphatic heterocycles. The Hall–Kier alpha value is -1.22. The van der Waals surface area contributed by atoms with Crippen LogP contribution in [0.5, 0.6) is 0 Å². The summed E-state index contributed by atoms with van der Waals surface area (Å²) in [5.74, 6) is 0. The second-order valence-corrected chi connectivity index (χ2v) is 4.19. The number of nitrogens with zero attached hydrogens (tertiary/aromatic N) is 2. The van der Waals surface area contributed by atoms with Crippen molar-refractivity contribution in [3.05, 3.63) is 47.5 Å². The van der Waals surface area contributed by atoms with Gasteiger partial charge < -0.3 is 4.81 Å². The third kappa shape index (κ3) is 2.63. The first-order valence-electron chi connectivity index (χ1n) is 5.08. The molecule has 0 unspecified atom stereocenters. The van der Waals surface area contributed by atoms with Crippen LogP contribution >= 0.6 is 11.3 Å². The Kier molecular flexibility index (Phi) is 3.45. The lowest BCUT2D eigenvalue weighted by Crippen LogP contribution is -2.27. The van der Waals surface area contributed by atoms with Gasteiger partial charge in [0, 0.05) is 18.1 Å². The third-order valence-corrected chi connectivity index (χ3v) is 3.12. The summed E-state index contributed by atoms with van der Waals surface area (Å²) >= 11 is 1.69. The Morgan fingerprint density at radius 3 is 2.73 bits per heavy atom. The number of rotatable bonds is 4. The van der Waals surface area contributed by atoms with E-state index in [2.05, 4.69) is 41.8 Å². The van der Waals surface area contributed by atoms with E-state index in [0.29, 0.717) is 0 Å². The van der Waals surface area contributed by atoms with Crippen LogP contribution in [0.3, 0.4) is 0 Å². The summed E-state index contributed by atoms with van der Waals surface area (Å²) in [7, 11) is 3.15. The molecule has 0 bridgehead atoms. The van der Waals surface area contributed by atoms with Crippen molar-refractivity contribution in [3.63, 3.8) is 0 Å². The van der Waals surface area contributed by atoms with Crippen LogP contribution in [-0.4, -0.2) is 20.0 Å². The van der Waals surface area contributed by atoms with Crippen LogP contribution in [-0.2, 0) is 6.54 Å². The van der Waals surface area contributed by atoms with Crippen molar-refractivity contribution in [2.45, 2.75) is 6.54 Å². The predicted octanol–water partition coefficient (Wildman–Crippen LogP) is 1.05. The maximum Gasteiger partial charge on any atom is 0.195 e. The molecule has 0 radical (unpaired) electrons. The first kappa shape index (κ1) is 10.3. The van der Waals surface area contributed by atoms with E-state index in [1.807, 2.05) is 17.6 Å². The van der Waals surface area contributed by atoms with E-state index in [9.17, 15) is 0 Å². The fraction of sp³-hybridized carbons (Fsp3) is 0.100. The lowest BCUT2D eigenvalue weighted by Gasteiger charge is -2.19. The van der Waals surface area contributed by atoms with Crippen LogP contribution in [0.1, 0.15) is 5.56 Å². The van der Waals surface area contributed by atoms with E-state index in [-0.39, 0.29) is 0 Å². The van der Waals surface area contributed by atoms with Gasteiger partial charge >= 0.3 is 0 Å². The van der Waals surface area contributed by atoms with Crippen LogP contribution in [0.25, 0.3) is 0 Å². The Morgan fingerprint density at radius 2 is 2.13 bits per heavy atom. The number of hydrogen-bond donors (Lipinski definition) is 0. The predicted molar refractivity (Wildman–Crippen MR) is 70.4 cm³/mol. The molecular weight excluding hydrogens is 202 g/mol. The minimum absolute atomic E-state index is 0.935. The molecule has 0 aliphatic rings. The Morgan fingerprint density at radius 1 is 1.33 bits per heavy atom. The lowest BCUT2D eigenvalue weighted by molar-refractivity contribution is 1.03. The summed E-state index contributed by atoms with van der Waals surface area (Å²) < 4.78 is 0. The first-order valence-corrected chi connectivity index (χ1v) is 5.96. The molecule has 2 rings (SSSR count). The zero-order valence-corrected chi connectivity index (χ0v) is 9.57. The van der Waals surface area contributed by atoms with Crippen LogP contribution < -0.4 is 4.81 Å². The SMILES string of the molecule is BBN(Cc1ccccc1)c1nccs1. The molecule has 1 aromatic heterocycles. The standard InChI is InChI=1S/C10H12B2N2S/c11-12-14(10-13-6-7-15-10)8-9-4-2-1-3-5-9/h1-7,12H,8,11H2. The number of thiazole rings is 1. The van der Waals surface area contributed by atoms with Crippen molar-refractivity contribution in [1.82, 2.24) is 4.98 Å². The van der Waals surface area contributed by atoms with Crippen LogP contribution in [0, 0.1) is 0 Å². The number of benzene rings is 1. The number of hydrogen-bond acceptors (Lipinski definition) is 3. The van der Waals surface area contributed by atoms with E-state index < -0.39 is 0 Å². The highest BCUT2D eigenvalue weighted by atomic mass is 32.1. The number of anilines is 1. The van der Waals surface area contributed by atoms with Crippen molar-refractivity contribution in [3.8, 4) is 0 Å². The summed E-state index contributed by atoms with van der Waals surface area (Å²) in [5, 5.41) is 3.12. The van der Waals surface area contributed by atoms with E-state index in [0.717, 1.165) is 19.0 Å². The summed E-state index contributed by atoms with van der Waals surface area (Å²) in [6.45, 7) is 0.935. The minimum atomic E-state index is 0.935. The van der Waals surface area contributed by atoms with Gasteiger partial charge in [-0.2, -0.15) is 0 Å². The largest absolute Gasteiger partial charge is 0.399 e. The van der Waals surface area contributed by atoms with Crippen LogP contribution in [0.15, 0.2) is 41.9 Å². The average Bonchev–Trinajstić information content (AvgIpc) is 2.81. The highest BCUT2D eigenvalue weighted by molar-refractivity contribution is 7.14. The average molecular weight is 214 g/mol. The molecular formula is C10H12B2N2S. The van der Waals surface area contributed by atoms with Crippen molar-refractivity contribution in [2.75, 3.05) is 4.81 Å². The van der Waals surface area contributed by atoms with Gasteiger partial charge in [-0.05, 0) is 5.56 Å². The van der Waals surface area contributed by atoms with Gasteiger partial charge in [0.05, 0.1) is 7.74 Å². The fourth-order valence-corrected chi connectivity index (χ4v) is 2.20. The van der Waals surface area contributed by atoms with Gasteiger partial charge in [0.25, 0.3) is 0 Å². The second kappa shape index (κ2) is 5.03. The monoisotopic (exact) mass is 214 g/mol. The van der Waals surface area contributed by atoms with Crippen molar-refractivity contribution >= 4 is 31.5 Å². The zero-order valence-electron chi connectivity index (χ0n) is 8.76. The molecule has 2 aromatic rings. The molecule has 0 saturated heterocycles. The summed E-state index contributed by atoms with van der Waals surface area (Å²) in [6, 6.07) is 10.5. The first-order chi connectivity index (χ1) is 7.40. The van der Waals surface area contributed by atoms with E-state index in [4.69, 9.17) is 0 Å². The molecule has 0 spiro atoms. The molecule has 0 fully saturated rings. The molecule has 2 nitrogen and oxygen atoms in total. The normalized spacial score (nSPS) is 9.87. The molecule has 1 heterocycles. The van der Waals surface area contributed by atoms with Gasteiger partial charge in [0.1, 0.15) is 0 Å². The van der Waals surface area contributed by atoms with Gasteiger partial charge in [-0.3, -0.25) is 0 Å². The molecule has 0 atom stereocenters. The molecule has 74 valence electrons. The molecule has 0 N–H and O–H groups in total. The van der Waals surface area contributed by atoms with Crippen molar-refractivity contribution in [2.24, 2.45) is 0 Å². The molecule has 15 heavy (non-hydrogen) atoms. The Balaban J connectivity index is 2.10. The van der Waals surface area contributed by atoms with Gasteiger partial charge in [-0.25, -0.2) is 4.98 Å². The summed E-state index contributed by atoms with van der Waals surface area (Å²) in [6.07, 6.45) is 1.85. The fourth-order valence-electron chi connectivity index (χ4n) is 1.49. The minimum Gasteiger partial charge on any atom is -0.399 e. The number of aromatic nitrogens is 1. The molecule has 0 amide bonds. The molecule has 1 aromatic carbocycles. The highest BCUT2D eigenvalue weighted by Crippen LogP contribution is 2.18. The van der Waals surface area contributed by atoms with E-state index in [1.54, 1.807) is 11.3 Å². The van der Waals surface area contributed by atoms with Gasteiger partial charge in [-0.15, -0.1) is 11.3 Å². The maximum atomic E-state index is 4.33. The zero-order chi connectivity index (χ0) is 10.5. The van der Waals surface area contributed by atoms with Gasteiger partial charge in [-0.1, -0.05) is 30.3 Å².